The predicted molar refractivity (Wildman–Crippen MR) is 218 cm³/mol. The molecule has 1 aliphatic rings. The Morgan fingerprint density at radius 1 is 0.472 bits per heavy atom. The van der Waals surface area contributed by atoms with E-state index in [9.17, 15) is 0 Å². The summed E-state index contributed by atoms with van der Waals surface area (Å²) in [5.74, 6) is 0.714. The lowest BCUT2D eigenvalue weighted by Gasteiger charge is -2.18. The monoisotopic (exact) mass is 679 g/mol. The third-order valence-corrected chi connectivity index (χ3v) is 10.2. The second-order valence-corrected chi connectivity index (χ2v) is 13.4. The number of nitrogens with one attached hydrogen (secondary N) is 1. The van der Waals surface area contributed by atoms with Crippen LogP contribution in [0.4, 0.5) is 0 Å². The molecular weight excluding hydrogens is 647 g/mol. The van der Waals surface area contributed by atoms with Crippen molar-refractivity contribution in [2.45, 2.75) is 6.04 Å². The Hall–Kier alpha value is -7.04. The predicted octanol–water partition coefficient (Wildman–Crippen LogP) is 12.6. The lowest BCUT2D eigenvalue weighted by molar-refractivity contribution is 0.672. The minimum absolute atomic E-state index is 0.0863. The first-order valence-corrected chi connectivity index (χ1v) is 17.9. The van der Waals surface area contributed by atoms with Gasteiger partial charge in [0, 0.05) is 32.8 Å². The average molecular weight is 680 g/mol. The Kier molecular flexibility index (Phi) is 7.51. The van der Waals surface area contributed by atoms with E-state index in [0.717, 1.165) is 77.7 Å². The number of aromatic nitrogens is 2. The third kappa shape index (κ3) is 5.58. The van der Waals surface area contributed by atoms with E-state index < -0.39 is 0 Å². The molecule has 0 amide bonds. The fraction of sp³-hybridized carbons (Fsp3) is 0.0204. The molecule has 4 heteroatoms. The molecule has 1 atom stereocenters. The van der Waals surface area contributed by atoms with Gasteiger partial charge in [0.1, 0.15) is 11.2 Å². The molecule has 0 aliphatic carbocycles. The topological polar surface area (TPSA) is 51.0 Å². The van der Waals surface area contributed by atoms with Gasteiger partial charge in [0.25, 0.3) is 0 Å². The van der Waals surface area contributed by atoms with Crippen molar-refractivity contribution in [1.29, 1.82) is 0 Å². The molecule has 0 spiro atoms. The van der Waals surface area contributed by atoms with Crippen LogP contribution in [-0.2, 0) is 0 Å². The van der Waals surface area contributed by atoms with Gasteiger partial charge in [0.15, 0.2) is 5.82 Å². The molecule has 1 N–H and O–H groups in total. The van der Waals surface area contributed by atoms with Gasteiger partial charge in [-0.05, 0) is 63.7 Å². The Bertz CT molecular complexity index is 2780. The largest absolute Gasteiger partial charge is 0.455 e. The van der Waals surface area contributed by atoms with Crippen molar-refractivity contribution in [2.75, 3.05) is 0 Å². The van der Waals surface area contributed by atoms with Crippen molar-refractivity contribution in [2.24, 2.45) is 0 Å². The highest BCUT2D eigenvalue weighted by Gasteiger charge is 2.20. The van der Waals surface area contributed by atoms with Crippen molar-refractivity contribution in [1.82, 2.24) is 15.3 Å². The van der Waals surface area contributed by atoms with E-state index in [1.807, 2.05) is 48.7 Å². The molecule has 53 heavy (non-hydrogen) atoms. The van der Waals surface area contributed by atoms with Gasteiger partial charge < -0.3 is 9.73 Å². The van der Waals surface area contributed by atoms with Gasteiger partial charge in [-0.2, -0.15) is 0 Å². The van der Waals surface area contributed by atoms with Crippen LogP contribution in [0.15, 0.2) is 193 Å². The molecule has 0 saturated heterocycles. The van der Waals surface area contributed by atoms with Crippen LogP contribution in [-0.4, -0.2) is 9.97 Å². The fourth-order valence-electron chi connectivity index (χ4n) is 7.56. The van der Waals surface area contributed by atoms with Gasteiger partial charge in [-0.3, -0.25) is 0 Å². The molecule has 2 aromatic heterocycles. The standard InChI is InChI=1S/C49H33N3O/c1-3-12-35(13-4-1)44-31-45(52-49(51-44)37-14-5-2-6-15-37)36-27-23-33(24-28-36)32-21-25-34(26-22-32)38-18-11-20-46-47(38)42-30-41(43-19-9-10-29-50-43)39-16-7-8-17-40(39)48(42)53-46/h1-31,43,50H. The lowest BCUT2D eigenvalue weighted by Crippen LogP contribution is -2.15. The number of furan rings is 1. The number of fused-ring (bicyclic) bond motifs is 5. The maximum absolute atomic E-state index is 6.61. The van der Waals surface area contributed by atoms with Crippen LogP contribution < -0.4 is 5.32 Å². The van der Waals surface area contributed by atoms with Crippen LogP contribution in [0, 0.1) is 0 Å². The van der Waals surface area contributed by atoms with E-state index >= 15 is 0 Å². The summed E-state index contributed by atoms with van der Waals surface area (Å²) in [5.41, 5.74) is 12.5. The highest BCUT2D eigenvalue weighted by molar-refractivity contribution is 6.20. The van der Waals surface area contributed by atoms with E-state index in [1.54, 1.807) is 0 Å². The second-order valence-electron chi connectivity index (χ2n) is 13.4. The summed E-state index contributed by atoms with van der Waals surface area (Å²) in [5, 5.41) is 8.11. The first-order chi connectivity index (χ1) is 26.3. The molecule has 3 heterocycles. The van der Waals surface area contributed by atoms with Crippen molar-refractivity contribution in [3.8, 4) is 56.2 Å². The average Bonchev–Trinajstić information content (AvgIpc) is 3.64. The van der Waals surface area contributed by atoms with Gasteiger partial charge in [0.05, 0.1) is 17.4 Å². The summed E-state index contributed by atoms with van der Waals surface area (Å²) >= 11 is 0. The first-order valence-electron chi connectivity index (χ1n) is 17.9. The molecule has 9 aromatic rings. The normalized spacial score (nSPS) is 13.8. The molecule has 7 aromatic carbocycles. The minimum atomic E-state index is 0.0863. The number of rotatable bonds is 6. The summed E-state index contributed by atoms with van der Waals surface area (Å²) in [6.45, 7) is 0. The lowest BCUT2D eigenvalue weighted by atomic mass is 9.92. The van der Waals surface area contributed by atoms with Gasteiger partial charge in [-0.1, -0.05) is 158 Å². The molecule has 4 nitrogen and oxygen atoms in total. The molecule has 1 unspecified atom stereocenters. The van der Waals surface area contributed by atoms with Crippen LogP contribution in [0.1, 0.15) is 11.6 Å². The van der Waals surface area contributed by atoms with Crippen LogP contribution in [0.25, 0.3) is 88.9 Å². The molecule has 0 saturated carbocycles. The molecule has 10 rings (SSSR count). The summed E-state index contributed by atoms with van der Waals surface area (Å²) < 4.78 is 6.61. The number of allylic oxidation sites excluding steroid dienone is 2. The van der Waals surface area contributed by atoms with E-state index in [-0.39, 0.29) is 6.04 Å². The molecule has 0 bridgehead atoms. The minimum Gasteiger partial charge on any atom is -0.455 e. The van der Waals surface area contributed by atoms with Crippen LogP contribution >= 0.6 is 0 Å². The Balaban J connectivity index is 1.01. The third-order valence-electron chi connectivity index (χ3n) is 10.2. The summed E-state index contributed by atoms with van der Waals surface area (Å²) in [6.07, 6.45) is 8.35. The number of hydrogen-bond acceptors (Lipinski definition) is 4. The van der Waals surface area contributed by atoms with E-state index in [1.165, 1.54) is 10.9 Å². The van der Waals surface area contributed by atoms with Crippen LogP contribution in [0.5, 0.6) is 0 Å². The van der Waals surface area contributed by atoms with E-state index in [2.05, 4.69) is 145 Å². The molecule has 250 valence electrons. The highest BCUT2D eigenvalue weighted by Crippen LogP contribution is 2.42. The second kappa shape index (κ2) is 12.9. The van der Waals surface area contributed by atoms with E-state index in [4.69, 9.17) is 14.4 Å². The maximum atomic E-state index is 6.61. The van der Waals surface area contributed by atoms with Crippen LogP contribution in [0.2, 0.25) is 0 Å². The maximum Gasteiger partial charge on any atom is 0.160 e. The smallest absolute Gasteiger partial charge is 0.160 e. The SMILES string of the molecule is C1=CNC(c2cc3c(oc4cccc(-c5ccc(-c6ccc(-c7cc(-c8ccccc8)nc(-c8ccccc8)n7)cc6)cc5)c43)c3ccccc23)C=C1. The van der Waals surface area contributed by atoms with Gasteiger partial charge in [0.2, 0.25) is 0 Å². The Morgan fingerprint density at radius 3 is 1.75 bits per heavy atom. The highest BCUT2D eigenvalue weighted by atomic mass is 16.3. The van der Waals surface area contributed by atoms with Gasteiger partial charge in [-0.15, -0.1) is 0 Å². The molecular formula is C49H33N3O. The fourth-order valence-corrected chi connectivity index (χ4v) is 7.56. The summed E-state index contributed by atoms with van der Waals surface area (Å²) in [4.78, 5) is 9.95. The van der Waals surface area contributed by atoms with Crippen molar-refractivity contribution >= 4 is 32.7 Å². The van der Waals surface area contributed by atoms with Gasteiger partial charge in [-0.25, -0.2) is 9.97 Å². The van der Waals surface area contributed by atoms with Gasteiger partial charge >= 0.3 is 0 Å². The molecule has 0 fully saturated rings. The summed E-state index contributed by atoms with van der Waals surface area (Å²) in [7, 11) is 0. The zero-order valence-corrected chi connectivity index (χ0v) is 28.8. The number of benzene rings is 7. The zero-order valence-electron chi connectivity index (χ0n) is 28.8. The van der Waals surface area contributed by atoms with E-state index in [0.29, 0.717) is 5.82 Å². The molecule has 1 aliphatic heterocycles. The number of dihydropyridines is 1. The van der Waals surface area contributed by atoms with Crippen molar-refractivity contribution in [3.05, 3.63) is 194 Å². The Labute approximate surface area is 307 Å². The van der Waals surface area contributed by atoms with Crippen LogP contribution in [0.3, 0.4) is 0 Å². The number of nitrogens with zero attached hydrogens (tertiary/aromatic N) is 2. The number of hydrogen-bond donors (Lipinski definition) is 1. The van der Waals surface area contributed by atoms with Crippen molar-refractivity contribution < 1.29 is 4.42 Å². The Morgan fingerprint density at radius 2 is 1.08 bits per heavy atom. The summed E-state index contributed by atoms with van der Waals surface area (Å²) in [6, 6.07) is 57.4. The molecule has 0 radical (unpaired) electrons. The quantitative estimate of drug-likeness (QED) is 0.190. The van der Waals surface area contributed by atoms with Crippen molar-refractivity contribution in [3.63, 3.8) is 0 Å². The zero-order chi connectivity index (χ0) is 35.1. The first kappa shape index (κ1) is 30.8.